The maximum Gasteiger partial charge on any atom is 0.266 e. The van der Waals surface area contributed by atoms with E-state index in [-0.39, 0.29) is 24.8 Å². The van der Waals surface area contributed by atoms with Crippen LogP contribution in [0.4, 0.5) is 4.39 Å². The van der Waals surface area contributed by atoms with Gasteiger partial charge in [0, 0.05) is 18.7 Å². The van der Waals surface area contributed by atoms with Crippen molar-refractivity contribution in [1.29, 1.82) is 0 Å². The fraction of sp³-hybridized carbons (Fsp3) is 0.273. The first-order valence-electron chi connectivity index (χ1n) is 10.1. The number of amides is 1. The molecule has 0 N–H and O–H groups in total. The molecule has 1 aromatic heterocycles. The van der Waals surface area contributed by atoms with Gasteiger partial charge >= 0.3 is 0 Å². The van der Waals surface area contributed by atoms with E-state index in [1.165, 1.54) is 23.5 Å². The zero-order valence-electron chi connectivity index (χ0n) is 17.2. The normalized spacial score (nSPS) is 18.7. The minimum absolute atomic E-state index is 0.0672. The molecule has 0 bridgehead atoms. The summed E-state index contributed by atoms with van der Waals surface area (Å²) in [4.78, 5) is 17.7. The lowest BCUT2D eigenvalue weighted by Crippen LogP contribution is -2.40. The summed E-state index contributed by atoms with van der Waals surface area (Å²) in [5.74, 6) is 2.63. The Morgan fingerprint density at radius 3 is 2.70 bits per heavy atom. The van der Waals surface area contributed by atoms with Crippen molar-refractivity contribution in [3.8, 4) is 23.8 Å². The number of carbonyl (C=O) groups excluding carboxylic acids is 1. The molecule has 5 rings (SSSR count). The molecule has 3 heterocycles. The van der Waals surface area contributed by atoms with E-state index in [2.05, 4.69) is 10.9 Å². The van der Waals surface area contributed by atoms with E-state index in [9.17, 15) is 17.6 Å². The first-order chi connectivity index (χ1) is 15.9. The van der Waals surface area contributed by atoms with Crippen molar-refractivity contribution in [1.82, 2.24) is 8.87 Å². The fourth-order valence-electron chi connectivity index (χ4n) is 3.97. The molecule has 0 radical (unpaired) electrons. The smallest absolute Gasteiger partial charge is 0.266 e. The van der Waals surface area contributed by atoms with Gasteiger partial charge in [0.25, 0.3) is 5.91 Å². The number of carbonyl (C=O) groups is 1. The number of ether oxygens (including phenoxy) is 2. The lowest BCUT2D eigenvalue weighted by molar-refractivity contribution is -0.121. The summed E-state index contributed by atoms with van der Waals surface area (Å²) in [6, 6.07) is 7.19. The molecule has 33 heavy (non-hydrogen) atoms. The monoisotopic (exact) mass is 487 g/mol. The molecule has 1 atom stereocenters. The lowest BCUT2D eigenvalue weighted by Gasteiger charge is -2.21. The lowest BCUT2D eigenvalue weighted by atomic mass is 10.2. The molecule has 2 aliphatic rings. The first-order valence-corrected chi connectivity index (χ1v) is 12.4. The Hall–Kier alpha value is -3.20. The summed E-state index contributed by atoms with van der Waals surface area (Å²) < 4.78 is 54.0. The predicted octanol–water partition coefficient (Wildman–Crippen LogP) is 2.48. The highest BCUT2D eigenvalue weighted by molar-refractivity contribution is 7.89. The predicted molar refractivity (Wildman–Crippen MR) is 119 cm³/mol. The molecule has 1 saturated heterocycles. The van der Waals surface area contributed by atoms with Crippen LogP contribution in [0.25, 0.3) is 10.2 Å². The molecule has 1 unspecified atom stereocenters. The van der Waals surface area contributed by atoms with Crippen molar-refractivity contribution < 1.29 is 27.1 Å². The van der Waals surface area contributed by atoms with E-state index < -0.39 is 27.8 Å². The van der Waals surface area contributed by atoms with Gasteiger partial charge < -0.3 is 14.0 Å². The summed E-state index contributed by atoms with van der Waals surface area (Å²) in [6.07, 6.45) is 6.40. The highest BCUT2D eigenvalue weighted by Gasteiger charge is 2.39. The van der Waals surface area contributed by atoms with Gasteiger partial charge in [0.2, 0.25) is 16.8 Å². The number of hydrogen-bond donors (Lipinski definition) is 0. The Balaban J connectivity index is 1.53. The zero-order chi connectivity index (χ0) is 23.2. The van der Waals surface area contributed by atoms with Gasteiger partial charge in [-0.1, -0.05) is 17.3 Å². The van der Waals surface area contributed by atoms with Crippen LogP contribution in [0.2, 0.25) is 0 Å². The van der Waals surface area contributed by atoms with Crippen molar-refractivity contribution in [2.75, 3.05) is 13.3 Å². The van der Waals surface area contributed by atoms with E-state index in [0.29, 0.717) is 29.1 Å². The molecule has 11 heteroatoms. The number of rotatable bonds is 4. The molecule has 3 aromatic rings. The number of thiazole rings is 1. The molecule has 1 amide bonds. The molecule has 1 fully saturated rings. The van der Waals surface area contributed by atoms with Crippen molar-refractivity contribution >= 4 is 37.5 Å². The van der Waals surface area contributed by atoms with Crippen molar-refractivity contribution in [2.45, 2.75) is 30.3 Å². The summed E-state index contributed by atoms with van der Waals surface area (Å²) in [5, 5.41) is 0. The summed E-state index contributed by atoms with van der Waals surface area (Å²) in [5.41, 5.74) is 0.746. The minimum atomic E-state index is -3.98. The Morgan fingerprint density at radius 1 is 1.24 bits per heavy atom. The standard InChI is InChI=1S/C22H18FN3O5S2/c1-2-9-25-17-11-18-19(31-13-30-18)12-20(17)32-22(25)24-21(27)16-4-3-10-26(16)33(28,29)15-7-5-14(23)6-8-15/h1,5-8,11-12,16H,3-4,9-10,13H2. The van der Waals surface area contributed by atoms with Gasteiger partial charge in [0.15, 0.2) is 16.3 Å². The van der Waals surface area contributed by atoms with E-state index >= 15 is 0 Å². The van der Waals surface area contributed by atoms with Crippen LogP contribution in [-0.4, -0.2) is 42.6 Å². The second kappa shape index (κ2) is 8.30. The Morgan fingerprint density at radius 2 is 1.97 bits per heavy atom. The van der Waals surface area contributed by atoms with Crippen LogP contribution in [0.3, 0.4) is 0 Å². The molecule has 2 aliphatic heterocycles. The van der Waals surface area contributed by atoms with Crippen molar-refractivity contribution in [3.63, 3.8) is 0 Å². The second-order valence-electron chi connectivity index (χ2n) is 7.53. The number of benzene rings is 2. The average molecular weight is 488 g/mol. The SMILES string of the molecule is C#CCn1c(=NC(=O)C2CCCN2S(=O)(=O)c2ccc(F)cc2)sc2cc3c(cc21)OCO3. The number of hydrogen-bond acceptors (Lipinski definition) is 6. The number of fused-ring (bicyclic) bond motifs is 2. The molecular formula is C22H18FN3O5S2. The van der Waals surface area contributed by atoms with Gasteiger partial charge in [0.1, 0.15) is 11.9 Å². The number of aromatic nitrogens is 1. The number of nitrogens with zero attached hydrogens (tertiary/aromatic N) is 3. The largest absolute Gasteiger partial charge is 0.454 e. The fourth-order valence-corrected chi connectivity index (χ4v) is 6.67. The first kappa shape index (κ1) is 21.6. The van der Waals surface area contributed by atoms with Crippen LogP contribution >= 0.6 is 11.3 Å². The number of terminal acetylenes is 1. The van der Waals surface area contributed by atoms with Crippen LogP contribution in [-0.2, 0) is 21.4 Å². The van der Waals surface area contributed by atoms with Crippen LogP contribution in [0, 0.1) is 18.2 Å². The third kappa shape index (κ3) is 3.80. The topological polar surface area (TPSA) is 90.2 Å². The van der Waals surface area contributed by atoms with Gasteiger partial charge in [-0.25, -0.2) is 12.8 Å². The molecule has 8 nitrogen and oxygen atoms in total. The highest BCUT2D eigenvalue weighted by Crippen LogP contribution is 2.37. The molecule has 0 saturated carbocycles. The Labute approximate surface area is 192 Å². The molecular weight excluding hydrogens is 469 g/mol. The van der Waals surface area contributed by atoms with Crippen LogP contribution in [0.5, 0.6) is 11.5 Å². The van der Waals surface area contributed by atoms with Crippen LogP contribution in [0.1, 0.15) is 12.8 Å². The van der Waals surface area contributed by atoms with Crippen molar-refractivity contribution in [3.05, 3.63) is 47.0 Å². The average Bonchev–Trinajstić information content (AvgIpc) is 3.52. The second-order valence-corrected chi connectivity index (χ2v) is 10.4. The third-order valence-electron chi connectivity index (χ3n) is 5.54. The van der Waals surface area contributed by atoms with E-state index in [0.717, 1.165) is 26.7 Å². The van der Waals surface area contributed by atoms with Gasteiger partial charge in [0.05, 0.1) is 21.7 Å². The number of sulfonamides is 1. The van der Waals surface area contributed by atoms with Crippen LogP contribution in [0.15, 0.2) is 46.3 Å². The van der Waals surface area contributed by atoms with Gasteiger partial charge in [-0.05, 0) is 37.1 Å². The zero-order valence-corrected chi connectivity index (χ0v) is 18.9. The van der Waals surface area contributed by atoms with E-state index in [4.69, 9.17) is 15.9 Å². The van der Waals surface area contributed by atoms with Gasteiger partial charge in [-0.2, -0.15) is 9.30 Å². The van der Waals surface area contributed by atoms with Gasteiger partial charge in [-0.15, -0.1) is 6.42 Å². The van der Waals surface area contributed by atoms with Gasteiger partial charge in [-0.3, -0.25) is 4.79 Å². The maximum atomic E-state index is 13.3. The quantitative estimate of drug-likeness (QED) is 0.528. The third-order valence-corrected chi connectivity index (χ3v) is 8.50. The van der Waals surface area contributed by atoms with E-state index in [1.807, 2.05) is 0 Å². The Bertz CT molecular complexity index is 1470. The highest BCUT2D eigenvalue weighted by atomic mass is 32.2. The Kier molecular flexibility index (Phi) is 5.44. The van der Waals surface area contributed by atoms with Crippen LogP contribution < -0.4 is 14.3 Å². The van der Waals surface area contributed by atoms with E-state index in [1.54, 1.807) is 16.7 Å². The summed E-state index contributed by atoms with van der Waals surface area (Å²) in [6.45, 7) is 0.495. The number of halogens is 1. The van der Waals surface area contributed by atoms with Crippen molar-refractivity contribution in [2.24, 2.45) is 4.99 Å². The summed E-state index contributed by atoms with van der Waals surface area (Å²) in [7, 11) is -3.98. The molecule has 0 aliphatic carbocycles. The minimum Gasteiger partial charge on any atom is -0.454 e. The molecule has 170 valence electrons. The summed E-state index contributed by atoms with van der Waals surface area (Å²) >= 11 is 1.26. The molecule has 2 aromatic carbocycles. The maximum absolute atomic E-state index is 13.3. The molecule has 0 spiro atoms.